The molecule has 0 amide bonds. The largest absolute Gasteiger partial charge is 0.290 e. The van der Waals surface area contributed by atoms with Gasteiger partial charge in [0.05, 0.1) is 6.61 Å². The molecule has 3 rings (SSSR count). The molecule has 5 nitrogen and oxygen atoms in total. The van der Waals surface area contributed by atoms with E-state index in [1.807, 2.05) is 54.6 Å². The molecule has 0 unspecified atom stereocenters. The number of carbonyl (C=O) groups is 3. The fourth-order valence-corrected chi connectivity index (χ4v) is 3.79. The normalized spacial score (nSPS) is 11.2. The third kappa shape index (κ3) is 6.75. The van der Waals surface area contributed by atoms with Crippen molar-refractivity contribution in [1.82, 2.24) is 5.48 Å². The molecule has 0 aliphatic carbocycles. The van der Waals surface area contributed by atoms with Crippen LogP contribution in [0.25, 0.3) is 0 Å². The van der Waals surface area contributed by atoms with Crippen LogP contribution in [0.3, 0.4) is 0 Å². The van der Waals surface area contributed by atoms with Gasteiger partial charge < -0.3 is 0 Å². The zero-order valence-corrected chi connectivity index (χ0v) is 19.4. The highest BCUT2D eigenvalue weighted by atomic mass is 32.2. The van der Waals surface area contributed by atoms with Crippen molar-refractivity contribution in [3.63, 3.8) is 0 Å². The molecule has 0 saturated carbocycles. The molecule has 0 atom stereocenters. The van der Waals surface area contributed by atoms with E-state index in [1.54, 1.807) is 44.2 Å². The first-order valence-electron chi connectivity index (χ1n) is 10.6. The molecule has 0 saturated heterocycles. The Balaban J connectivity index is 1.57. The monoisotopic (exact) mass is 459 g/mol. The summed E-state index contributed by atoms with van der Waals surface area (Å²) in [6.45, 7) is 3.79. The van der Waals surface area contributed by atoms with Gasteiger partial charge in [-0.1, -0.05) is 55.1 Å². The van der Waals surface area contributed by atoms with Crippen LogP contribution in [0.4, 0.5) is 0 Å². The van der Waals surface area contributed by atoms with Crippen molar-refractivity contribution in [3.8, 4) is 0 Å². The number of hydrogen-bond acceptors (Lipinski definition) is 6. The van der Waals surface area contributed by atoms with E-state index in [2.05, 4.69) is 5.48 Å². The van der Waals surface area contributed by atoms with Gasteiger partial charge in [-0.25, -0.2) is 0 Å². The van der Waals surface area contributed by atoms with E-state index in [0.717, 1.165) is 15.4 Å². The number of benzene rings is 3. The SMILES string of the molecule is CC=C(NOCc1ccccc1)C(=O)c1ccc(Sc2ccc(C(=O)C(=O)CC)cc2)cc1. The highest BCUT2D eigenvalue weighted by Crippen LogP contribution is 2.28. The van der Waals surface area contributed by atoms with Gasteiger partial charge in [0.25, 0.3) is 0 Å². The summed E-state index contributed by atoms with van der Waals surface area (Å²) < 4.78 is 0. The van der Waals surface area contributed by atoms with Crippen LogP contribution in [0, 0.1) is 0 Å². The zero-order valence-electron chi connectivity index (χ0n) is 18.5. The van der Waals surface area contributed by atoms with Crippen molar-refractivity contribution in [2.75, 3.05) is 0 Å². The zero-order chi connectivity index (χ0) is 23.6. The summed E-state index contributed by atoms with van der Waals surface area (Å²) in [5.74, 6) is -1.01. The van der Waals surface area contributed by atoms with E-state index in [-0.39, 0.29) is 12.2 Å². The number of Topliss-reactive ketones (excluding diaryl/α,β-unsaturated/α-hetero) is 3. The predicted molar refractivity (Wildman–Crippen MR) is 129 cm³/mol. The second-order valence-electron chi connectivity index (χ2n) is 7.16. The molecule has 0 fully saturated rings. The van der Waals surface area contributed by atoms with Crippen LogP contribution in [0.5, 0.6) is 0 Å². The fraction of sp³-hybridized carbons (Fsp3) is 0.148. The second-order valence-corrected chi connectivity index (χ2v) is 8.31. The lowest BCUT2D eigenvalue weighted by molar-refractivity contribution is -0.114. The molecule has 0 heterocycles. The quantitative estimate of drug-likeness (QED) is 0.169. The number of ketones is 3. The summed E-state index contributed by atoms with van der Waals surface area (Å²) in [4.78, 5) is 43.7. The number of allylic oxidation sites excluding steroid dienone is 2. The van der Waals surface area contributed by atoms with Crippen LogP contribution >= 0.6 is 11.8 Å². The number of hydrogen-bond donors (Lipinski definition) is 1. The fourth-order valence-electron chi connectivity index (χ4n) is 2.97. The summed E-state index contributed by atoms with van der Waals surface area (Å²) in [5.41, 5.74) is 5.06. The average Bonchev–Trinajstić information content (AvgIpc) is 2.87. The van der Waals surface area contributed by atoms with Gasteiger partial charge in [-0.3, -0.25) is 24.7 Å². The molecule has 0 bridgehead atoms. The third-order valence-electron chi connectivity index (χ3n) is 4.84. The van der Waals surface area contributed by atoms with Gasteiger partial charge in [-0.05, 0) is 61.0 Å². The van der Waals surface area contributed by atoms with Crippen molar-refractivity contribution >= 4 is 29.1 Å². The Morgan fingerprint density at radius 1 is 0.818 bits per heavy atom. The van der Waals surface area contributed by atoms with Gasteiger partial charge in [-0.2, -0.15) is 0 Å². The lowest BCUT2D eigenvalue weighted by Gasteiger charge is -2.11. The van der Waals surface area contributed by atoms with E-state index in [0.29, 0.717) is 23.4 Å². The summed E-state index contributed by atoms with van der Waals surface area (Å²) in [5, 5.41) is 0. The van der Waals surface area contributed by atoms with Crippen molar-refractivity contribution in [1.29, 1.82) is 0 Å². The van der Waals surface area contributed by atoms with Gasteiger partial charge in [0.15, 0.2) is 0 Å². The van der Waals surface area contributed by atoms with Gasteiger partial charge in [-0.15, -0.1) is 0 Å². The van der Waals surface area contributed by atoms with Crippen LogP contribution in [0.2, 0.25) is 0 Å². The molecule has 1 N–H and O–H groups in total. The van der Waals surface area contributed by atoms with E-state index in [4.69, 9.17) is 4.84 Å². The highest BCUT2D eigenvalue weighted by Gasteiger charge is 2.14. The molecule has 0 radical (unpaired) electrons. The van der Waals surface area contributed by atoms with E-state index >= 15 is 0 Å². The summed E-state index contributed by atoms with van der Waals surface area (Å²) in [6, 6.07) is 23.9. The molecule has 0 spiro atoms. The summed E-state index contributed by atoms with van der Waals surface area (Å²) in [7, 11) is 0. The standard InChI is InChI=1S/C27H25NO4S/c1-3-24(28-32-18-19-8-6-5-7-9-19)26(30)20-10-14-22(15-11-20)33-23-16-12-21(13-17-23)27(31)25(29)4-2/h3,5-17,28H,4,18H2,1-2H3. The molecule has 168 valence electrons. The first kappa shape index (κ1) is 24.2. The van der Waals surface area contributed by atoms with Crippen LogP contribution in [-0.4, -0.2) is 17.3 Å². The Labute approximate surface area is 197 Å². The summed E-state index contributed by atoms with van der Waals surface area (Å²) >= 11 is 1.51. The van der Waals surface area contributed by atoms with E-state index < -0.39 is 11.6 Å². The number of nitrogens with one attached hydrogen (secondary N) is 1. The van der Waals surface area contributed by atoms with E-state index in [9.17, 15) is 14.4 Å². The minimum atomic E-state index is -0.460. The lowest BCUT2D eigenvalue weighted by atomic mass is 10.1. The molecule has 6 heteroatoms. The van der Waals surface area contributed by atoms with Crippen LogP contribution in [0.1, 0.15) is 46.5 Å². The lowest BCUT2D eigenvalue weighted by Crippen LogP contribution is -2.21. The highest BCUT2D eigenvalue weighted by molar-refractivity contribution is 7.99. The first-order valence-corrected chi connectivity index (χ1v) is 11.4. The molecule has 3 aromatic carbocycles. The molecule has 3 aromatic rings. The van der Waals surface area contributed by atoms with Gasteiger partial charge >= 0.3 is 0 Å². The molecular formula is C27H25NO4S. The van der Waals surface area contributed by atoms with Gasteiger partial charge in [0.1, 0.15) is 5.70 Å². The summed E-state index contributed by atoms with van der Waals surface area (Å²) in [6.07, 6.45) is 1.88. The van der Waals surface area contributed by atoms with Gasteiger partial charge in [0, 0.05) is 27.3 Å². The maximum Gasteiger partial charge on any atom is 0.228 e. The Kier molecular flexibility index (Phi) is 8.75. The Bertz CT molecular complexity index is 1140. The Morgan fingerprint density at radius 2 is 1.36 bits per heavy atom. The molecular weight excluding hydrogens is 434 g/mol. The first-order chi connectivity index (χ1) is 16.0. The second kappa shape index (κ2) is 11.9. The van der Waals surface area contributed by atoms with Gasteiger partial charge in [0.2, 0.25) is 17.3 Å². The average molecular weight is 460 g/mol. The number of rotatable bonds is 11. The number of hydroxylamine groups is 1. The Morgan fingerprint density at radius 3 is 1.88 bits per heavy atom. The van der Waals surface area contributed by atoms with Crippen molar-refractivity contribution < 1.29 is 19.2 Å². The molecule has 0 aliphatic rings. The number of carbonyl (C=O) groups excluding carboxylic acids is 3. The van der Waals surface area contributed by atoms with Crippen molar-refractivity contribution in [2.45, 2.75) is 36.7 Å². The molecule has 0 aromatic heterocycles. The Hall–Kier alpha value is -3.48. The predicted octanol–water partition coefficient (Wildman–Crippen LogP) is 5.81. The van der Waals surface area contributed by atoms with Crippen molar-refractivity contribution in [2.24, 2.45) is 0 Å². The topological polar surface area (TPSA) is 72.5 Å². The third-order valence-corrected chi connectivity index (χ3v) is 5.86. The van der Waals surface area contributed by atoms with Crippen molar-refractivity contribution in [3.05, 3.63) is 107 Å². The minimum absolute atomic E-state index is 0.162. The van der Waals surface area contributed by atoms with Crippen LogP contribution < -0.4 is 5.48 Å². The van der Waals surface area contributed by atoms with Crippen LogP contribution in [-0.2, 0) is 16.2 Å². The molecule has 0 aliphatic heterocycles. The maximum absolute atomic E-state index is 12.8. The minimum Gasteiger partial charge on any atom is -0.290 e. The molecule has 33 heavy (non-hydrogen) atoms. The maximum atomic E-state index is 12.8. The van der Waals surface area contributed by atoms with Crippen LogP contribution in [0.15, 0.2) is 100 Å². The van der Waals surface area contributed by atoms with E-state index in [1.165, 1.54) is 11.8 Å². The smallest absolute Gasteiger partial charge is 0.228 e.